The first-order valence-corrected chi connectivity index (χ1v) is 12.5. The van der Waals surface area contributed by atoms with E-state index in [2.05, 4.69) is 77.6 Å². The predicted molar refractivity (Wildman–Crippen MR) is 128 cm³/mol. The van der Waals surface area contributed by atoms with Gasteiger partial charge in [-0.3, -0.25) is 0 Å². The number of anilines is 1. The molecule has 1 spiro atoms. The Hall–Kier alpha value is -1.74. The molecule has 152 valence electrons. The van der Waals surface area contributed by atoms with Gasteiger partial charge in [0, 0.05) is 29.4 Å². The lowest BCUT2D eigenvalue weighted by Crippen LogP contribution is -2.34. The summed E-state index contributed by atoms with van der Waals surface area (Å²) in [6, 6.07) is 13.8. The zero-order valence-corrected chi connectivity index (χ0v) is 18.7. The van der Waals surface area contributed by atoms with Gasteiger partial charge in [0.1, 0.15) is 6.54 Å². The Morgan fingerprint density at radius 1 is 1.07 bits per heavy atom. The highest BCUT2D eigenvalue weighted by atomic mass is 32.2. The first-order chi connectivity index (χ1) is 14.3. The first-order valence-electron chi connectivity index (χ1n) is 11.5. The van der Waals surface area contributed by atoms with Gasteiger partial charge in [-0.05, 0) is 48.6 Å². The van der Waals surface area contributed by atoms with Crippen LogP contribution in [0, 0.1) is 0 Å². The molecule has 1 saturated carbocycles. The van der Waals surface area contributed by atoms with Crippen LogP contribution in [-0.2, 0) is 5.41 Å². The average molecular weight is 406 g/mol. The lowest BCUT2D eigenvalue weighted by Gasteiger charge is -2.37. The Morgan fingerprint density at radius 2 is 1.90 bits per heavy atom. The largest absolute Gasteiger partial charge is 0.344 e. The standard InChI is InChI=1S/C26H33N2S/c1-3-16-28-22-13-12-20-10-6-7-11-21(20)25(22)26(14-8-5-9-15-26)23(28)19-24-27(4-2)17-18-29-24/h6-7,10-13,19H,3-5,8-9,14-18H2,1-2H3/q+1. The minimum atomic E-state index is 0.194. The number of hydrogen-bond donors (Lipinski definition) is 0. The third-order valence-corrected chi connectivity index (χ3v) is 8.24. The number of benzene rings is 2. The maximum atomic E-state index is 2.69. The van der Waals surface area contributed by atoms with Gasteiger partial charge in [-0.25, -0.2) is 4.58 Å². The van der Waals surface area contributed by atoms with Crippen molar-refractivity contribution in [1.82, 2.24) is 0 Å². The van der Waals surface area contributed by atoms with Crippen molar-refractivity contribution >= 4 is 33.3 Å². The molecule has 0 unspecified atom stereocenters. The molecular weight excluding hydrogens is 372 g/mol. The van der Waals surface area contributed by atoms with Crippen LogP contribution in [0.5, 0.6) is 0 Å². The molecule has 2 heterocycles. The monoisotopic (exact) mass is 405 g/mol. The van der Waals surface area contributed by atoms with Crippen molar-refractivity contribution < 1.29 is 4.58 Å². The van der Waals surface area contributed by atoms with Crippen molar-refractivity contribution in [2.24, 2.45) is 0 Å². The Labute approximate surface area is 179 Å². The third kappa shape index (κ3) is 3.04. The Bertz CT molecular complexity index is 981. The summed E-state index contributed by atoms with van der Waals surface area (Å²) >= 11 is 2.05. The van der Waals surface area contributed by atoms with Crippen LogP contribution in [0.3, 0.4) is 0 Å². The summed E-state index contributed by atoms with van der Waals surface area (Å²) in [5.41, 5.74) is 4.89. The summed E-state index contributed by atoms with van der Waals surface area (Å²) in [4.78, 5) is 2.69. The van der Waals surface area contributed by atoms with Crippen molar-refractivity contribution in [3.05, 3.63) is 53.7 Å². The smallest absolute Gasteiger partial charge is 0.236 e. The van der Waals surface area contributed by atoms with Crippen molar-refractivity contribution in [3.8, 4) is 0 Å². The van der Waals surface area contributed by atoms with E-state index in [4.69, 9.17) is 0 Å². The van der Waals surface area contributed by atoms with Crippen molar-refractivity contribution in [2.45, 2.75) is 57.8 Å². The minimum absolute atomic E-state index is 0.194. The topological polar surface area (TPSA) is 6.25 Å². The summed E-state index contributed by atoms with van der Waals surface area (Å²) in [5.74, 6) is 1.23. The SMILES string of the molecule is CCCN1C(=CC2=[N+](CC)CCS2)C2(CCCCC2)c2c1ccc1ccccc21. The van der Waals surface area contributed by atoms with Gasteiger partial charge in [-0.1, -0.05) is 68.3 Å². The van der Waals surface area contributed by atoms with Crippen molar-refractivity contribution in [3.63, 3.8) is 0 Å². The van der Waals surface area contributed by atoms with Crippen LogP contribution in [0.15, 0.2) is 48.2 Å². The van der Waals surface area contributed by atoms with Gasteiger partial charge in [0.25, 0.3) is 0 Å². The molecule has 2 aromatic rings. The average Bonchev–Trinajstić information content (AvgIpc) is 3.31. The van der Waals surface area contributed by atoms with Gasteiger partial charge in [0.05, 0.1) is 5.75 Å². The highest BCUT2D eigenvalue weighted by Crippen LogP contribution is 2.57. The number of allylic oxidation sites excluding steroid dienone is 1. The summed E-state index contributed by atoms with van der Waals surface area (Å²) < 4.78 is 2.57. The molecule has 5 rings (SSSR count). The Balaban J connectivity index is 1.77. The zero-order chi connectivity index (χ0) is 19.8. The second kappa shape index (κ2) is 7.83. The number of hydrogen-bond acceptors (Lipinski definition) is 2. The van der Waals surface area contributed by atoms with Gasteiger partial charge < -0.3 is 4.90 Å². The van der Waals surface area contributed by atoms with E-state index in [0.717, 1.165) is 13.1 Å². The van der Waals surface area contributed by atoms with E-state index in [1.165, 1.54) is 72.3 Å². The van der Waals surface area contributed by atoms with Crippen LogP contribution in [-0.4, -0.2) is 35.0 Å². The maximum absolute atomic E-state index is 2.69. The molecule has 0 radical (unpaired) electrons. The maximum Gasteiger partial charge on any atom is 0.236 e. The molecule has 0 bridgehead atoms. The fourth-order valence-electron chi connectivity index (χ4n) is 5.87. The normalized spacial score (nSPS) is 22.3. The molecule has 2 aliphatic heterocycles. The molecule has 0 saturated heterocycles. The quantitative estimate of drug-likeness (QED) is 0.548. The van der Waals surface area contributed by atoms with Crippen molar-refractivity contribution in [2.75, 3.05) is 30.3 Å². The van der Waals surface area contributed by atoms with Crippen LogP contribution in [0.1, 0.15) is 57.9 Å². The fraction of sp³-hybridized carbons (Fsp3) is 0.500. The predicted octanol–water partition coefficient (Wildman–Crippen LogP) is 6.33. The molecule has 2 aromatic carbocycles. The van der Waals surface area contributed by atoms with Crippen LogP contribution in [0.4, 0.5) is 5.69 Å². The van der Waals surface area contributed by atoms with E-state index in [1.54, 1.807) is 11.3 Å². The molecule has 3 heteroatoms. The summed E-state index contributed by atoms with van der Waals surface area (Å²) in [7, 11) is 0. The number of nitrogens with zero attached hydrogens (tertiary/aromatic N) is 2. The highest BCUT2D eigenvalue weighted by molar-refractivity contribution is 8.14. The molecule has 0 atom stereocenters. The van der Waals surface area contributed by atoms with E-state index < -0.39 is 0 Å². The molecule has 2 nitrogen and oxygen atoms in total. The van der Waals surface area contributed by atoms with E-state index in [1.807, 2.05) is 0 Å². The number of fused-ring (bicyclic) bond motifs is 4. The molecule has 0 aromatic heterocycles. The summed E-state index contributed by atoms with van der Waals surface area (Å²) in [6.45, 7) is 8.03. The van der Waals surface area contributed by atoms with Crippen molar-refractivity contribution in [1.29, 1.82) is 0 Å². The van der Waals surface area contributed by atoms with E-state index in [9.17, 15) is 0 Å². The second-order valence-corrected chi connectivity index (χ2v) is 9.89. The van der Waals surface area contributed by atoms with E-state index in [0.29, 0.717) is 0 Å². The number of thioether (sulfide) groups is 1. The lowest BCUT2D eigenvalue weighted by molar-refractivity contribution is -0.513. The Kier molecular flexibility index (Phi) is 5.19. The van der Waals surface area contributed by atoms with E-state index >= 15 is 0 Å². The fourth-order valence-corrected chi connectivity index (χ4v) is 6.99. The first kappa shape index (κ1) is 19.2. The molecular formula is C26H33N2S+. The molecule has 1 aliphatic carbocycles. The summed E-state index contributed by atoms with van der Waals surface area (Å²) in [6.07, 6.45) is 10.4. The lowest BCUT2D eigenvalue weighted by atomic mass is 9.67. The van der Waals surface area contributed by atoms with Crippen LogP contribution >= 0.6 is 11.8 Å². The second-order valence-electron chi connectivity index (χ2n) is 8.77. The van der Waals surface area contributed by atoms with Gasteiger partial charge in [-0.2, -0.15) is 0 Å². The number of rotatable bonds is 4. The summed E-state index contributed by atoms with van der Waals surface area (Å²) in [5, 5.41) is 4.37. The van der Waals surface area contributed by atoms with Crippen LogP contribution < -0.4 is 4.90 Å². The van der Waals surface area contributed by atoms with Gasteiger partial charge in [0.2, 0.25) is 5.04 Å². The molecule has 0 amide bonds. The van der Waals surface area contributed by atoms with Gasteiger partial charge in [0.15, 0.2) is 6.54 Å². The molecule has 29 heavy (non-hydrogen) atoms. The van der Waals surface area contributed by atoms with Crippen LogP contribution in [0.2, 0.25) is 0 Å². The Morgan fingerprint density at radius 3 is 2.69 bits per heavy atom. The highest BCUT2D eigenvalue weighted by Gasteiger charge is 2.48. The van der Waals surface area contributed by atoms with E-state index in [-0.39, 0.29) is 5.41 Å². The third-order valence-electron chi connectivity index (χ3n) is 7.18. The molecule has 3 aliphatic rings. The van der Waals surface area contributed by atoms with Gasteiger partial charge >= 0.3 is 0 Å². The minimum Gasteiger partial charge on any atom is -0.344 e. The zero-order valence-electron chi connectivity index (χ0n) is 17.9. The van der Waals surface area contributed by atoms with Crippen LogP contribution in [0.25, 0.3) is 10.8 Å². The molecule has 0 N–H and O–H groups in total. The molecule has 1 fully saturated rings. The van der Waals surface area contributed by atoms with Gasteiger partial charge in [-0.15, -0.1) is 0 Å².